The maximum Gasteiger partial charge on any atom is 0.246 e. The molecule has 0 spiro atoms. The van der Waals surface area contributed by atoms with Gasteiger partial charge >= 0.3 is 0 Å². The van der Waals surface area contributed by atoms with E-state index in [4.69, 9.17) is 11.6 Å². The summed E-state index contributed by atoms with van der Waals surface area (Å²) in [5, 5.41) is 0.0271. The molecule has 0 atom stereocenters. The van der Waals surface area contributed by atoms with E-state index < -0.39 is 10.0 Å². The molecule has 1 aliphatic rings. The monoisotopic (exact) mass is 303 g/mol. The molecule has 1 fully saturated rings. The highest BCUT2D eigenvalue weighted by Crippen LogP contribution is 2.27. The van der Waals surface area contributed by atoms with E-state index in [1.807, 2.05) is 20.9 Å². The Morgan fingerprint density at radius 1 is 1.37 bits per heavy atom. The average Bonchev–Trinajstić information content (AvgIpc) is 2.32. The smallest absolute Gasteiger partial charge is 0.246 e. The van der Waals surface area contributed by atoms with E-state index in [2.05, 4.69) is 9.88 Å². The van der Waals surface area contributed by atoms with Crippen LogP contribution in [-0.4, -0.2) is 54.8 Å². The van der Waals surface area contributed by atoms with Gasteiger partial charge in [-0.25, -0.2) is 13.4 Å². The van der Waals surface area contributed by atoms with Gasteiger partial charge in [0.25, 0.3) is 0 Å². The van der Waals surface area contributed by atoms with Crippen LogP contribution in [0.2, 0.25) is 5.15 Å². The first-order valence-electron chi connectivity index (χ1n) is 6.07. The molecule has 1 aromatic heterocycles. The van der Waals surface area contributed by atoms with Gasteiger partial charge < -0.3 is 0 Å². The minimum Gasteiger partial charge on any atom is -0.299 e. The lowest BCUT2D eigenvalue weighted by Gasteiger charge is -2.44. The number of aromatic nitrogens is 1. The minimum atomic E-state index is -3.57. The number of rotatable bonds is 2. The maximum atomic E-state index is 12.6. The van der Waals surface area contributed by atoms with E-state index in [0.29, 0.717) is 19.6 Å². The third kappa shape index (κ3) is 2.76. The van der Waals surface area contributed by atoms with Crippen molar-refractivity contribution in [2.75, 3.05) is 26.7 Å². The molecular weight excluding hydrogens is 286 g/mol. The maximum absolute atomic E-state index is 12.6. The van der Waals surface area contributed by atoms with Crippen LogP contribution in [0.3, 0.4) is 0 Å². The normalized spacial score (nSPS) is 21.5. The fourth-order valence-corrected chi connectivity index (χ4v) is 4.12. The van der Waals surface area contributed by atoms with Crippen molar-refractivity contribution in [3.05, 3.63) is 23.5 Å². The molecule has 5 nitrogen and oxygen atoms in total. The summed E-state index contributed by atoms with van der Waals surface area (Å²) in [6.07, 6.45) is 1.48. The molecule has 1 aliphatic heterocycles. The summed E-state index contributed by atoms with van der Waals surface area (Å²) in [5.41, 5.74) is -0.194. The van der Waals surface area contributed by atoms with Crippen LogP contribution in [0.1, 0.15) is 13.8 Å². The molecule has 0 aromatic carbocycles. The average molecular weight is 304 g/mol. The molecule has 106 valence electrons. The Balaban J connectivity index is 2.34. The number of sulfonamides is 1. The number of likely N-dealkylation sites (N-methyl/N-ethyl adjacent to an activating group) is 1. The Hall–Kier alpha value is -0.690. The van der Waals surface area contributed by atoms with Crippen LogP contribution in [0.4, 0.5) is 0 Å². The van der Waals surface area contributed by atoms with Crippen LogP contribution in [-0.2, 0) is 10.0 Å². The van der Waals surface area contributed by atoms with Crippen molar-refractivity contribution in [3.63, 3.8) is 0 Å². The van der Waals surface area contributed by atoms with Gasteiger partial charge in [0.2, 0.25) is 10.0 Å². The SMILES string of the molecule is CN1CCN(S(=O)(=O)c2cccnc2Cl)CC1(C)C. The highest BCUT2D eigenvalue weighted by Gasteiger charge is 2.37. The van der Waals surface area contributed by atoms with Crippen LogP contribution >= 0.6 is 11.6 Å². The lowest BCUT2D eigenvalue weighted by Crippen LogP contribution is -2.58. The molecule has 1 aromatic rings. The molecule has 0 amide bonds. The first-order valence-corrected chi connectivity index (χ1v) is 7.89. The number of piperazine rings is 1. The Labute approximate surface area is 119 Å². The number of hydrogen-bond donors (Lipinski definition) is 0. The van der Waals surface area contributed by atoms with Gasteiger partial charge in [0.15, 0.2) is 0 Å². The highest BCUT2D eigenvalue weighted by molar-refractivity contribution is 7.89. The zero-order valence-electron chi connectivity index (χ0n) is 11.3. The molecule has 0 N–H and O–H groups in total. The summed E-state index contributed by atoms with van der Waals surface area (Å²) >= 11 is 5.90. The van der Waals surface area contributed by atoms with Gasteiger partial charge in [0, 0.05) is 31.4 Å². The predicted octanol–water partition coefficient (Wildman–Crippen LogP) is 1.45. The van der Waals surface area contributed by atoms with E-state index in [-0.39, 0.29) is 15.6 Å². The molecule has 0 aliphatic carbocycles. The molecule has 7 heteroatoms. The van der Waals surface area contributed by atoms with Gasteiger partial charge in [0.1, 0.15) is 10.0 Å². The van der Waals surface area contributed by atoms with Crippen molar-refractivity contribution in [3.8, 4) is 0 Å². The van der Waals surface area contributed by atoms with Crippen LogP contribution in [0.25, 0.3) is 0 Å². The molecule has 2 heterocycles. The van der Waals surface area contributed by atoms with E-state index in [9.17, 15) is 8.42 Å². The number of nitrogens with zero attached hydrogens (tertiary/aromatic N) is 3. The molecule has 1 saturated heterocycles. The largest absolute Gasteiger partial charge is 0.299 e. The summed E-state index contributed by atoms with van der Waals surface area (Å²) in [4.78, 5) is 6.08. The van der Waals surface area contributed by atoms with Crippen molar-refractivity contribution >= 4 is 21.6 Å². The van der Waals surface area contributed by atoms with Gasteiger partial charge in [-0.1, -0.05) is 11.6 Å². The second-order valence-corrected chi connectivity index (χ2v) is 7.63. The summed E-state index contributed by atoms with van der Waals surface area (Å²) in [6, 6.07) is 3.08. The standard InChI is InChI=1S/C12H18ClN3O2S/c1-12(2)9-16(8-7-15(12)3)19(17,18)10-5-4-6-14-11(10)13/h4-6H,7-9H2,1-3H3. The van der Waals surface area contributed by atoms with Crippen molar-refractivity contribution in [2.45, 2.75) is 24.3 Å². The second-order valence-electron chi connectivity index (χ2n) is 5.36. The summed E-state index contributed by atoms with van der Waals surface area (Å²) in [5.74, 6) is 0. The summed E-state index contributed by atoms with van der Waals surface area (Å²) in [6.45, 7) is 5.66. The second kappa shape index (κ2) is 5.01. The van der Waals surface area contributed by atoms with E-state index in [0.717, 1.165) is 0 Å². The van der Waals surface area contributed by atoms with Crippen molar-refractivity contribution in [2.24, 2.45) is 0 Å². The third-order valence-corrected chi connectivity index (χ3v) is 5.91. The molecular formula is C12H18ClN3O2S. The topological polar surface area (TPSA) is 53.5 Å². The van der Waals surface area contributed by atoms with E-state index in [1.165, 1.54) is 16.6 Å². The van der Waals surface area contributed by atoms with Gasteiger partial charge in [-0.3, -0.25) is 4.90 Å². The van der Waals surface area contributed by atoms with Gasteiger partial charge in [-0.05, 0) is 33.0 Å². The highest BCUT2D eigenvalue weighted by atomic mass is 35.5. The predicted molar refractivity (Wildman–Crippen MR) is 74.7 cm³/mol. The zero-order chi connectivity index (χ0) is 14.3. The molecule has 0 radical (unpaired) electrons. The van der Waals surface area contributed by atoms with Gasteiger partial charge in [0.05, 0.1) is 0 Å². The van der Waals surface area contributed by atoms with Crippen LogP contribution < -0.4 is 0 Å². The first kappa shape index (κ1) is 14.7. The summed E-state index contributed by atoms with van der Waals surface area (Å²) in [7, 11) is -1.57. The fourth-order valence-electron chi connectivity index (χ4n) is 2.10. The molecule has 0 bridgehead atoms. The minimum absolute atomic E-state index is 0.0271. The Morgan fingerprint density at radius 2 is 2.05 bits per heavy atom. The van der Waals surface area contributed by atoms with Crippen molar-refractivity contribution in [1.29, 1.82) is 0 Å². The zero-order valence-corrected chi connectivity index (χ0v) is 12.9. The lowest BCUT2D eigenvalue weighted by molar-refractivity contribution is 0.0801. The Bertz CT molecular complexity index is 574. The summed E-state index contributed by atoms with van der Waals surface area (Å²) < 4.78 is 26.7. The Kier molecular flexibility index (Phi) is 3.88. The number of halogens is 1. The molecule has 0 unspecified atom stereocenters. The van der Waals surface area contributed by atoms with Crippen LogP contribution in [0.5, 0.6) is 0 Å². The first-order chi connectivity index (χ1) is 8.75. The number of hydrogen-bond acceptors (Lipinski definition) is 4. The number of pyridine rings is 1. The van der Waals surface area contributed by atoms with Crippen LogP contribution in [0, 0.1) is 0 Å². The third-order valence-electron chi connectivity index (χ3n) is 3.62. The van der Waals surface area contributed by atoms with Gasteiger partial charge in [-0.2, -0.15) is 4.31 Å². The van der Waals surface area contributed by atoms with Crippen LogP contribution in [0.15, 0.2) is 23.2 Å². The molecule has 2 rings (SSSR count). The molecule has 19 heavy (non-hydrogen) atoms. The Morgan fingerprint density at radius 3 is 2.63 bits per heavy atom. The van der Waals surface area contributed by atoms with Crippen molar-refractivity contribution in [1.82, 2.24) is 14.2 Å². The quantitative estimate of drug-likeness (QED) is 0.776. The molecule has 0 saturated carbocycles. The fraction of sp³-hybridized carbons (Fsp3) is 0.583. The van der Waals surface area contributed by atoms with Crippen molar-refractivity contribution < 1.29 is 8.42 Å². The van der Waals surface area contributed by atoms with Gasteiger partial charge in [-0.15, -0.1) is 0 Å². The van der Waals surface area contributed by atoms with E-state index >= 15 is 0 Å². The lowest BCUT2D eigenvalue weighted by atomic mass is 10.0. The van der Waals surface area contributed by atoms with E-state index in [1.54, 1.807) is 6.07 Å².